The molecule has 116 valence electrons. The van der Waals surface area contributed by atoms with Gasteiger partial charge in [-0.05, 0) is 36.2 Å². The summed E-state index contributed by atoms with van der Waals surface area (Å²) in [5.74, 6) is 1.80. The third-order valence-electron chi connectivity index (χ3n) is 4.80. The summed E-state index contributed by atoms with van der Waals surface area (Å²) in [7, 11) is 0. The Morgan fingerprint density at radius 2 is 1.95 bits per heavy atom. The maximum absolute atomic E-state index is 4.76. The molecular weight excluding hydrogens is 276 g/mol. The molecule has 0 aliphatic carbocycles. The zero-order chi connectivity index (χ0) is 15.1. The van der Waals surface area contributed by atoms with Crippen LogP contribution < -0.4 is 5.32 Å². The lowest BCUT2D eigenvalue weighted by Gasteiger charge is -2.33. The van der Waals surface area contributed by atoms with Crippen molar-refractivity contribution in [3.05, 3.63) is 35.9 Å². The van der Waals surface area contributed by atoms with E-state index in [9.17, 15) is 0 Å². The lowest BCUT2D eigenvalue weighted by atomic mass is 9.84. The van der Waals surface area contributed by atoms with E-state index in [0.717, 1.165) is 24.7 Å². The monoisotopic (exact) mass is 304 g/mol. The van der Waals surface area contributed by atoms with Gasteiger partial charge in [-0.15, -0.1) is 0 Å². The smallest absolute Gasteiger partial charge is 0.156 e. The van der Waals surface area contributed by atoms with E-state index in [-0.39, 0.29) is 0 Å². The van der Waals surface area contributed by atoms with Crippen molar-refractivity contribution in [2.45, 2.75) is 46.0 Å². The number of amidine groups is 1. The quantitative estimate of drug-likeness (QED) is 0.825. The number of aliphatic imine (C=N–C) groups is 1. The molecule has 1 atom stereocenters. The molecule has 1 aromatic carbocycles. The van der Waals surface area contributed by atoms with Gasteiger partial charge < -0.3 is 5.32 Å². The van der Waals surface area contributed by atoms with E-state index in [0.29, 0.717) is 11.3 Å². The van der Waals surface area contributed by atoms with Crippen molar-refractivity contribution in [3.8, 4) is 0 Å². The predicted molar refractivity (Wildman–Crippen MR) is 95.3 cm³/mol. The minimum atomic E-state index is 0.438. The maximum atomic E-state index is 4.76. The Bertz CT molecular complexity index is 452. The van der Waals surface area contributed by atoms with Gasteiger partial charge in [-0.1, -0.05) is 62.9 Å². The zero-order valence-corrected chi connectivity index (χ0v) is 14.4. The number of hydrogen-bond donors (Lipinski definition) is 1. The Morgan fingerprint density at radius 3 is 2.52 bits per heavy atom. The standard InChI is InChI=1S/C18H28N2S/c1-4-18(5-2)13-20-17(21-14-18)19-12-11-15(3)16-9-7-6-8-10-16/h6-10,15H,4-5,11-14H2,1-3H3,(H,19,20). The highest BCUT2D eigenvalue weighted by atomic mass is 32.2. The SMILES string of the molecule is CCC1(CC)CN=C(NCCC(C)c2ccccc2)SC1. The van der Waals surface area contributed by atoms with E-state index in [1.54, 1.807) is 0 Å². The number of benzene rings is 1. The summed E-state index contributed by atoms with van der Waals surface area (Å²) in [6.45, 7) is 8.88. The van der Waals surface area contributed by atoms with Crippen LogP contribution in [0, 0.1) is 5.41 Å². The zero-order valence-electron chi connectivity index (χ0n) is 13.6. The molecule has 0 spiro atoms. The fraction of sp³-hybridized carbons (Fsp3) is 0.611. The van der Waals surface area contributed by atoms with Gasteiger partial charge in [0.2, 0.25) is 0 Å². The molecule has 2 rings (SSSR count). The van der Waals surface area contributed by atoms with Gasteiger partial charge in [0.15, 0.2) is 5.17 Å². The largest absolute Gasteiger partial charge is 0.365 e. The van der Waals surface area contributed by atoms with Crippen LogP contribution in [0.4, 0.5) is 0 Å². The van der Waals surface area contributed by atoms with Crippen LogP contribution >= 0.6 is 11.8 Å². The van der Waals surface area contributed by atoms with E-state index >= 15 is 0 Å². The van der Waals surface area contributed by atoms with Crippen LogP contribution in [-0.2, 0) is 0 Å². The third-order valence-corrected chi connectivity index (χ3v) is 6.10. The van der Waals surface area contributed by atoms with Gasteiger partial charge in [-0.25, -0.2) is 0 Å². The minimum Gasteiger partial charge on any atom is -0.365 e. The summed E-state index contributed by atoms with van der Waals surface area (Å²) in [5.41, 5.74) is 1.86. The average molecular weight is 305 g/mol. The van der Waals surface area contributed by atoms with Crippen molar-refractivity contribution < 1.29 is 0 Å². The predicted octanol–water partition coefficient (Wildman–Crippen LogP) is 4.68. The Balaban J connectivity index is 1.76. The molecule has 21 heavy (non-hydrogen) atoms. The van der Waals surface area contributed by atoms with Crippen molar-refractivity contribution >= 4 is 16.9 Å². The van der Waals surface area contributed by atoms with Crippen molar-refractivity contribution in [2.75, 3.05) is 18.8 Å². The molecule has 0 fully saturated rings. The maximum Gasteiger partial charge on any atom is 0.156 e. The molecule has 2 nitrogen and oxygen atoms in total. The molecule has 1 aliphatic rings. The molecule has 0 radical (unpaired) electrons. The molecular formula is C18H28N2S. The Morgan fingerprint density at radius 1 is 1.24 bits per heavy atom. The van der Waals surface area contributed by atoms with Crippen LogP contribution in [-0.4, -0.2) is 24.0 Å². The Labute approximate surface area is 133 Å². The molecule has 0 amide bonds. The number of hydrogen-bond acceptors (Lipinski definition) is 3. The Hall–Kier alpha value is -0.960. The summed E-state index contributed by atoms with van der Waals surface area (Å²) >= 11 is 1.91. The summed E-state index contributed by atoms with van der Waals surface area (Å²) in [6, 6.07) is 10.8. The van der Waals surface area contributed by atoms with Crippen LogP contribution in [0.2, 0.25) is 0 Å². The second-order valence-corrected chi connectivity index (χ2v) is 7.11. The first-order valence-electron chi connectivity index (χ1n) is 8.15. The normalized spacial score (nSPS) is 18.9. The van der Waals surface area contributed by atoms with Gasteiger partial charge in [0, 0.05) is 18.8 Å². The second kappa shape index (κ2) is 7.88. The van der Waals surface area contributed by atoms with Gasteiger partial charge in [-0.3, -0.25) is 4.99 Å². The highest BCUT2D eigenvalue weighted by molar-refractivity contribution is 8.13. The molecule has 1 aromatic rings. The van der Waals surface area contributed by atoms with Crippen LogP contribution in [0.3, 0.4) is 0 Å². The number of thioether (sulfide) groups is 1. The topological polar surface area (TPSA) is 24.4 Å². The van der Waals surface area contributed by atoms with Gasteiger partial charge >= 0.3 is 0 Å². The van der Waals surface area contributed by atoms with Gasteiger partial charge in [0.25, 0.3) is 0 Å². The number of rotatable bonds is 6. The van der Waals surface area contributed by atoms with E-state index in [2.05, 4.69) is 56.4 Å². The molecule has 1 aliphatic heterocycles. The Kier molecular flexibility index (Phi) is 6.16. The molecule has 0 aromatic heterocycles. The summed E-state index contributed by atoms with van der Waals surface area (Å²) < 4.78 is 0. The summed E-state index contributed by atoms with van der Waals surface area (Å²) in [6.07, 6.45) is 3.62. The van der Waals surface area contributed by atoms with E-state index < -0.39 is 0 Å². The van der Waals surface area contributed by atoms with Gasteiger partial charge in [0.1, 0.15) is 0 Å². The van der Waals surface area contributed by atoms with E-state index in [1.807, 2.05) is 11.8 Å². The number of nitrogens with zero attached hydrogens (tertiary/aromatic N) is 1. The molecule has 0 saturated carbocycles. The number of nitrogens with one attached hydrogen (secondary N) is 1. The molecule has 0 bridgehead atoms. The third kappa shape index (κ3) is 4.50. The van der Waals surface area contributed by atoms with E-state index in [1.165, 1.54) is 24.2 Å². The second-order valence-electron chi connectivity index (χ2n) is 6.14. The first-order valence-corrected chi connectivity index (χ1v) is 9.14. The lowest BCUT2D eigenvalue weighted by Crippen LogP contribution is -2.35. The fourth-order valence-corrected chi connectivity index (χ4v) is 3.98. The van der Waals surface area contributed by atoms with Crippen molar-refractivity contribution in [1.82, 2.24) is 5.32 Å². The van der Waals surface area contributed by atoms with Gasteiger partial charge in [0.05, 0.1) is 0 Å². The highest BCUT2D eigenvalue weighted by Gasteiger charge is 2.29. The van der Waals surface area contributed by atoms with Crippen LogP contribution in [0.5, 0.6) is 0 Å². The van der Waals surface area contributed by atoms with E-state index in [4.69, 9.17) is 4.99 Å². The van der Waals surface area contributed by atoms with Crippen molar-refractivity contribution in [1.29, 1.82) is 0 Å². The molecule has 1 N–H and O–H groups in total. The van der Waals surface area contributed by atoms with Crippen molar-refractivity contribution in [3.63, 3.8) is 0 Å². The van der Waals surface area contributed by atoms with Crippen molar-refractivity contribution in [2.24, 2.45) is 10.4 Å². The first kappa shape index (κ1) is 16.4. The fourth-order valence-electron chi connectivity index (χ4n) is 2.68. The van der Waals surface area contributed by atoms with Crippen LogP contribution in [0.1, 0.15) is 51.5 Å². The molecule has 1 heterocycles. The molecule has 1 unspecified atom stereocenters. The van der Waals surface area contributed by atoms with Gasteiger partial charge in [-0.2, -0.15) is 0 Å². The average Bonchev–Trinajstić information content (AvgIpc) is 2.56. The first-order chi connectivity index (χ1) is 10.2. The molecule has 3 heteroatoms. The lowest BCUT2D eigenvalue weighted by molar-refractivity contribution is 0.318. The van der Waals surface area contributed by atoms with Crippen LogP contribution in [0.15, 0.2) is 35.3 Å². The summed E-state index contributed by atoms with van der Waals surface area (Å²) in [4.78, 5) is 4.76. The van der Waals surface area contributed by atoms with Crippen LogP contribution in [0.25, 0.3) is 0 Å². The highest BCUT2D eigenvalue weighted by Crippen LogP contribution is 2.34. The molecule has 0 saturated heterocycles. The minimum absolute atomic E-state index is 0.438. The summed E-state index contributed by atoms with van der Waals surface area (Å²) in [5, 5.41) is 4.67.